The van der Waals surface area contributed by atoms with Crippen molar-refractivity contribution < 1.29 is 9.21 Å². The zero-order valence-electron chi connectivity index (χ0n) is 12.2. The van der Waals surface area contributed by atoms with E-state index < -0.39 is 0 Å². The number of hydrogen-bond donors (Lipinski definition) is 1. The van der Waals surface area contributed by atoms with Gasteiger partial charge in [0.15, 0.2) is 10.9 Å². The summed E-state index contributed by atoms with van der Waals surface area (Å²) in [5.74, 6) is 1.63. The largest absolute Gasteiger partial charge is 0.463 e. The maximum absolute atomic E-state index is 11.9. The van der Waals surface area contributed by atoms with Gasteiger partial charge in [-0.25, -0.2) is 9.97 Å². The van der Waals surface area contributed by atoms with Gasteiger partial charge in [-0.3, -0.25) is 4.79 Å². The van der Waals surface area contributed by atoms with Crippen LogP contribution in [0.2, 0.25) is 0 Å². The van der Waals surface area contributed by atoms with E-state index in [1.54, 1.807) is 12.5 Å². The van der Waals surface area contributed by atoms with E-state index in [0.717, 1.165) is 24.5 Å². The van der Waals surface area contributed by atoms with Crippen LogP contribution in [-0.4, -0.2) is 20.4 Å². The van der Waals surface area contributed by atoms with Gasteiger partial charge >= 0.3 is 0 Å². The van der Waals surface area contributed by atoms with Crippen molar-refractivity contribution in [1.29, 1.82) is 0 Å². The normalized spacial score (nSPS) is 10.8. The summed E-state index contributed by atoms with van der Waals surface area (Å²) >= 11 is 1.39. The molecule has 7 heteroatoms. The molecule has 0 aliphatic heterocycles. The van der Waals surface area contributed by atoms with Crippen molar-refractivity contribution in [3.05, 3.63) is 42.0 Å². The summed E-state index contributed by atoms with van der Waals surface area (Å²) in [6.07, 6.45) is 6.50. The fourth-order valence-corrected chi connectivity index (χ4v) is 2.82. The summed E-state index contributed by atoms with van der Waals surface area (Å²) < 4.78 is 7.31. The third kappa shape index (κ3) is 3.43. The van der Waals surface area contributed by atoms with Crippen molar-refractivity contribution in [2.45, 2.75) is 26.3 Å². The van der Waals surface area contributed by atoms with Crippen LogP contribution in [0.1, 0.15) is 18.7 Å². The first-order valence-electron chi connectivity index (χ1n) is 6.99. The molecule has 0 saturated carbocycles. The molecule has 1 amide bonds. The zero-order chi connectivity index (χ0) is 15.4. The molecule has 22 heavy (non-hydrogen) atoms. The van der Waals surface area contributed by atoms with Gasteiger partial charge in [0.1, 0.15) is 11.5 Å². The second-order valence-electron chi connectivity index (χ2n) is 4.83. The lowest BCUT2D eigenvalue weighted by Gasteiger charge is -2.04. The van der Waals surface area contributed by atoms with Crippen LogP contribution in [0.15, 0.2) is 40.6 Å². The van der Waals surface area contributed by atoms with Gasteiger partial charge in [-0.05, 0) is 25.5 Å². The molecule has 0 fully saturated rings. The minimum atomic E-state index is -0.0295. The molecule has 0 spiro atoms. The number of nitrogens with zero attached hydrogens (tertiary/aromatic N) is 3. The summed E-state index contributed by atoms with van der Waals surface area (Å²) in [5, 5.41) is 5.28. The number of carbonyl (C=O) groups is 1. The number of rotatable bonds is 6. The van der Waals surface area contributed by atoms with Crippen molar-refractivity contribution in [1.82, 2.24) is 14.5 Å². The van der Waals surface area contributed by atoms with Crippen LogP contribution in [0.5, 0.6) is 0 Å². The second-order valence-corrected chi connectivity index (χ2v) is 5.69. The Morgan fingerprint density at radius 3 is 3.14 bits per heavy atom. The third-order valence-electron chi connectivity index (χ3n) is 3.25. The highest BCUT2D eigenvalue weighted by atomic mass is 32.1. The van der Waals surface area contributed by atoms with Gasteiger partial charge in [0.25, 0.3) is 0 Å². The minimum Gasteiger partial charge on any atom is -0.463 e. The van der Waals surface area contributed by atoms with Gasteiger partial charge < -0.3 is 14.3 Å². The van der Waals surface area contributed by atoms with Crippen molar-refractivity contribution >= 4 is 22.4 Å². The van der Waals surface area contributed by atoms with Crippen LogP contribution in [0.25, 0.3) is 11.5 Å². The molecule has 1 N–H and O–H groups in total. The Balaban J connectivity index is 1.49. The SMILES string of the molecule is Cc1nccn1CCCC(=O)Nc1nc(-c2ccco2)cs1. The predicted octanol–water partition coefficient (Wildman–Crippen LogP) is 3.33. The van der Waals surface area contributed by atoms with E-state index >= 15 is 0 Å². The first-order valence-corrected chi connectivity index (χ1v) is 7.87. The Hall–Kier alpha value is -2.41. The number of thiazole rings is 1. The maximum atomic E-state index is 11.9. The molecule has 0 saturated heterocycles. The van der Waals surface area contributed by atoms with E-state index in [1.165, 1.54) is 11.3 Å². The molecule has 0 unspecified atom stereocenters. The van der Waals surface area contributed by atoms with Crippen LogP contribution in [0.3, 0.4) is 0 Å². The van der Waals surface area contributed by atoms with Gasteiger partial charge in [0.2, 0.25) is 5.91 Å². The molecule has 0 aliphatic rings. The van der Waals surface area contributed by atoms with Gasteiger partial charge in [-0.2, -0.15) is 0 Å². The fourth-order valence-electron chi connectivity index (χ4n) is 2.10. The highest BCUT2D eigenvalue weighted by Gasteiger charge is 2.09. The molecule has 6 nitrogen and oxygen atoms in total. The number of amides is 1. The molecular formula is C15H16N4O2S. The number of carbonyl (C=O) groups excluding carboxylic acids is 1. The van der Waals surface area contributed by atoms with Crippen molar-refractivity contribution in [3.63, 3.8) is 0 Å². The monoisotopic (exact) mass is 316 g/mol. The number of anilines is 1. The lowest BCUT2D eigenvalue weighted by molar-refractivity contribution is -0.116. The first-order chi connectivity index (χ1) is 10.7. The standard InChI is InChI=1S/C15H16N4O2S/c1-11-16-6-8-19(11)7-2-5-14(20)18-15-17-12(10-22-15)13-4-3-9-21-13/h3-4,6,8-10H,2,5,7H2,1H3,(H,17,18,20). The lowest BCUT2D eigenvalue weighted by atomic mass is 10.3. The van der Waals surface area contributed by atoms with Gasteiger partial charge in [-0.1, -0.05) is 0 Å². The van der Waals surface area contributed by atoms with E-state index in [4.69, 9.17) is 4.42 Å². The first kappa shape index (κ1) is 14.5. The number of aromatic nitrogens is 3. The molecule has 0 radical (unpaired) electrons. The molecule has 0 atom stereocenters. The molecule has 0 aliphatic carbocycles. The molecule has 0 aromatic carbocycles. The van der Waals surface area contributed by atoms with Crippen LogP contribution < -0.4 is 5.32 Å². The van der Waals surface area contributed by atoms with Crippen molar-refractivity contribution in [2.75, 3.05) is 5.32 Å². The van der Waals surface area contributed by atoms with Crippen LogP contribution in [0.4, 0.5) is 5.13 Å². The highest BCUT2D eigenvalue weighted by Crippen LogP contribution is 2.25. The van der Waals surface area contributed by atoms with E-state index in [1.807, 2.05) is 35.2 Å². The van der Waals surface area contributed by atoms with Gasteiger partial charge in [0.05, 0.1) is 6.26 Å². The van der Waals surface area contributed by atoms with Crippen molar-refractivity contribution in [2.24, 2.45) is 0 Å². The quantitative estimate of drug-likeness (QED) is 0.757. The summed E-state index contributed by atoms with van der Waals surface area (Å²) in [6, 6.07) is 3.65. The van der Waals surface area contributed by atoms with Crippen LogP contribution in [0, 0.1) is 6.92 Å². The molecule has 3 rings (SSSR count). The number of furan rings is 1. The summed E-state index contributed by atoms with van der Waals surface area (Å²) in [4.78, 5) is 20.4. The smallest absolute Gasteiger partial charge is 0.226 e. The summed E-state index contributed by atoms with van der Waals surface area (Å²) in [7, 11) is 0. The van der Waals surface area contributed by atoms with Gasteiger partial charge in [0, 0.05) is 30.7 Å². The zero-order valence-corrected chi connectivity index (χ0v) is 13.0. The molecular weight excluding hydrogens is 300 g/mol. The molecule has 3 aromatic rings. The maximum Gasteiger partial charge on any atom is 0.226 e. The van der Waals surface area contributed by atoms with Crippen molar-refractivity contribution in [3.8, 4) is 11.5 Å². The topological polar surface area (TPSA) is 73.0 Å². The summed E-state index contributed by atoms with van der Waals surface area (Å²) in [5.41, 5.74) is 0.736. The van der Waals surface area contributed by atoms with Crippen LogP contribution in [-0.2, 0) is 11.3 Å². The summed E-state index contributed by atoms with van der Waals surface area (Å²) in [6.45, 7) is 2.74. The van der Waals surface area contributed by atoms with Crippen LogP contribution >= 0.6 is 11.3 Å². The van der Waals surface area contributed by atoms with E-state index in [2.05, 4.69) is 15.3 Å². The Morgan fingerprint density at radius 1 is 1.50 bits per heavy atom. The van der Waals surface area contributed by atoms with E-state index in [-0.39, 0.29) is 5.91 Å². The van der Waals surface area contributed by atoms with E-state index in [9.17, 15) is 4.79 Å². The minimum absolute atomic E-state index is 0.0295. The lowest BCUT2D eigenvalue weighted by Crippen LogP contribution is -2.12. The molecule has 3 heterocycles. The van der Waals surface area contributed by atoms with Gasteiger partial charge in [-0.15, -0.1) is 11.3 Å². The average molecular weight is 316 g/mol. The Bertz CT molecular complexity index is 745. The number of imidazole rings is 1. The molecule has 114 valence electrons. The predicted molar refractivity (Wildman–Crippen MR) is 84.6 cm³/mol. The number of hydrogen-bond acceptors (Lipinski definition) is 5. The number of aryl methyl sites for hydroxylation is 2. The third-order valence-corrected chi connectivity index (χ3v) is 4.01. The highest BCUT2D eigenvalue weighted by molar-refractivity contribution is 7.14. The Morgan fingerprint density at radius 2 is 2.41 bits per heavy atom. The van der Waals surface area contributed by atoms with E-state index in [0.29, 0.717) is 17.3 Å². The molecule has 0 bridgehead atoms. The average Bonchev–Trinajstić information content (AvgIpc) is 3.21. The Labute approximate surface area is 131 Å². The Kier molecular flexibility index (Phi) is 4.34. The number of nitrogens with one attached hydrogen (secondary N) is 1. The molecule has 3 aromatic heterocycles. The fraction of sp³-hybridized carbons (Fsp3) is 0.267. The second kappa shape index (κ2) is 6.57.